The van der Waals surface area contributed by atoms with Crippen LogP contribution in [-0.2, 0) is 7.05 Å². The van der Waals surface area contributed by atoms with Crippen molar-refractivity contribution in [2.24, 2.45) is 7.05 Å². The van der Waals surface area contributed by atoms with Crippen molar-refractivity contribution in [3.63, 3.8) is 0 Å². The van der Waals surface area contributed by atoms with Gasteiger partial charge >= 0.3 is 0 Å². The molecular weight excluding hydrogens is 224 g/mol. The first-order valence-corrected chi connectivity index (χ1v) is 6.07. The summed E-state index contributed by atoms with van der Waals surface area (Å²) >= 11 is 0. The van der Waals surface area contributed by atoms with Crippen molar-refractivity contribution >= 4 is 11.5 Å². The molecule has 1 heterocycles. The van der Waals surface area contributed by atoms with Crippen LogP contribution in [0.2, 0.25) is 0 Å². The molecule has 0 atom stereocenters. The normalized spacial score (nSPS) is 14.2. The molecule has 1 aliphatic rings. The largest absolute Gasteiger partial charge is 0.340 e. The van der Waals surface area contributed by atoms with Crippen molar-refractivity contribution in [1.29, 1.82) is 5.26 Å². The minimum atomic E-state index is 0.660. The summed E-state index contributed by atoms with van der Waals surface area (Å²) in [7, 11) is 1.94. The molecule has 1 aromatic heterocycles. The van der Waals surface area contributed by atoms with Crippen LogP contribution in [0.4, 0.5) is 11.5 Å². The van der Waals surface area contributed by atoms with Crippen molar-refractivity contribution in [2.75, 3.05) is 5.32 Å². The van der Waals surface area contributed by atoms with E-state index in [-0.39, 0.29) is 0 Å². The Balaban J connectivity index is 1.80. The van der Waals surface area contributed by atoms with Gasteiger partial charge in [-0.25, -0.2) is 0 Å². The molecule has 0 bridgehead atoms. The van der Waals surface area contributed by atoms with E-state index < -0.39 is 0 Å². The summed E-state index contributed by atoms with van der Waals surface area (Å²) in [5.41, 5.74) is 2.82. The van der Waals surface area contributed by atoms with Gasteiger partial charge in [-0.3, -0.25) is 4.68 Å². The first-order valence-electron chi connectivity index (χ1n) is 6.07. The van der Waals surface area contributed by atoms with E-state index in [0.717, 1.165) is 11.5 Å². The quantitative estimate of drug-likeness (QED) is 0.894. The van der Waals surface area contributed by atoms with Gasteiger partial charge in [0.25, 0.3) is 0 Å². The third-order valence-electron chi connectivity index (χ3n) is 3.18. The van der Waals surface area contributed by atoms with Crippen LogP contribution in [-0.4, -0.2) is 9.78 Å². The third kappa shape index (κ3) is 2.07. The first-order chi connectivity index (χ1) is 8.76. The highest BCUT2D eigenvalue weighted by atomic mass is 15.3. The minimum absolute atomic E-state index is 0.660. The molecule has 0 amide bonds. The molecule has 1 N–H and O–H groups in total. The molecule has 18 heavy (non-hydrogen) atoms. The smallest absolute Gasteiger partial charge is 0.128 e. The van der Waals surface area contributed by atoms with E-state index in [1.807, 2.05) is 23.9 Å². The number of nitriles is 1. The van der Waals surface area contributed by atoms with E-state index in [2.05, 4.69) is 22.6 Å². The topological polar surface area (TPSA) is 53.6 Å². The van der Waals surface area contributed by atoms with Crippen molar-refractivity contribution in [3.8, 4) is 6.07 Å². The molecule has 1 fully saturated rings. The highest BCUT2D eigenvalue weighted by molar-refractivity contribution is 5.58. The van der Waals surface area contributed by atoms with Crippen molar-refractivity contribution in [1.82, 2.24) is 9.78 Å². The maximum absolute atomic E-state index is 8.75. The van der Waals surface area contributed by atoms with Gasteiger partial charge in [-0.15, -0.1) is 0 Å². The fraction of sp³-hybridized carbons (Fsp3) is 0.286. The Kier molecular flexibility index (Phi) is 2.52. The number of hydrogen-bond donors (Lipinski definition) is 1. The van der Waals surface area contributed by atoms with E-state index in [4.69, 9.17) is 5.26 Å². The molecule has 0 unspecified atom stereocenters. The second kappa shape index (κ2) is 4.19. The van der Waals surface area contributed by atoms with E-state index in [1.165, 1.54) is 18.5 Å². The molecule has 90 valence electrons. The van der Waals surface area contributed by atoms with Crippen LogP contribution in [0.3, 0.4) is 0 Å². The summed E-state index contributed by atoms with van der Waals surface area (Å²) in [6.45, 7) is 0. The summed E-state index contributed by atoms with van der Waals surface area (Å²) < 4.78 is 1.87. The van der Waals surface area contributed by atoms with Crippen LogP contribution in [0.25, 0.3) is 0 Å². The molecular formula is C14H14N4. The van der Waals surface area contributed by atoms with Gasteiger partial charge in [0, 0.05) is 24.7 Å². The Morgan fingerprint density at radius 3 is 2.67 bits per heavy atom. The second-order valence-electron chi connectivity index (χ2n) is 4.67. The maximum atomic E-state index is 8.75. The molecule has 1 aromatic carbocycles. The van der Waals surface area contributed by atoms with E-state index in [1.54, 1.807) is 12.1 Å². The summed E-state index contributed by atoms with van der Waals surface area (Å²) in [5.74, 6) is 1.65. The van der Waals surface area contributed by atoms with Gasteiger partial charge < -0.3 is 5.32 Å². The van der Waals surface area contributed by atoms with E-state index >= 15 is 0 Å². The third-order valence-corrected chi connectivity index (χ3v) is 3.18. The Morgan fingerprint density at radius 1 is 1.33 bits per heavy atom. The number of nitrogens with one attached hydrogen (secondary N) is 1. The fourth-order valence-corrected chi connectivity index (χ4v) is 1.96. The molecule has 4 heteroatoms. The fourth-order valence-electron chi connectivity index (χ4n) is 1.96. The van der Waals surface area contributed by atoms with Gasteiger partial charge in [0.05, 0.1) is 17.3 Å². The standard InChI is InChI=1S/C14H14N4/c1-18-14(8-13(17-18)11-4-5-11)16-12-6-2-10(9-15)3-7-12/h2-3,6-8,11,16H,4-5H2,1H3. The van der Waals surface area contributed by atoms with Gasteiger partial charge in [0.1, 0.15) is 5.82 Å². The molecule has 1 saturated carbocycles. The number of aromatic nitrogens is 2. The van der Waals surface area contributed by atoms with E-state index in [0.29, 0.717) is 11.5 Å². The van der Waals surface area contributed by atoms with Gasteiger partial charge in [0.2, 0.25) is 0 Å². The predicted molar refractivity (Wildman–Crippen MR) is 69.6 cm³/mol. The van der Waals surface area contributed by atoms with Crippen molar-refractivity contribution in [3.05, 3.63) is 41.6 Å². The Bertz CT molecular complexity index is 600. The molecule has 2 aromatic rings. The highest BCUT2D eigenvalue weighted by Gasteiger charge is 2.26. The number of rotatable bonds is 3. The van der Waals surface area contributed by atoms with Crippen LogP contribution in [0.1, 0.15) is 30.0 Å². The Labute approximate surface area is 106 Å². The Hall–Kier alpha value is -2.28. The summed E-state index contributed by atoms with van der Waals surface area (Å²) in [4.78, 5) is 0. The van der Waals surface area contributed by atoms with Crippen LogP contribution in [0, 0.1) is 11.3 Å². The van der Waals surface area contributed by atoms with E-state index in [9.17, 15) is 0 Å². The molecule has 4 nitrogen and oxygen atoms in total. The zero-order valence-corrected chi connectivity index (χ0v) is 10.2. The summed E-state index contributed by atoms with van der Waals surface area (Å²) in [6, 6.07) is 11.6. The van der Waals surface area contributed by atoms with Crippen molar-refractivity contribution in [2.45, 2.75) is 18.8 Å². The van der Waals surface area contributed by atoms with Crippen LogP contribution in [0.5, 0.6) is 0 Å². The number of benzene rings is 1. The minimum Gasteiger partial charge on any atom is -0.340 e. The second-order valence-corrected chi connectivity index (χ2v) is 4.67. The summed E-state index contributed by atoms with van der Waals surface area (Å²) in [6.07, 6.45) is 2.51. The average molecular weight is 238 g/mol. The monoisotopic (exact) mass is 238 g/mol. The summed E-state index contributed by atoms with van der Waals surface area (Å²) in [5, 5.41) is 16.6. The lowest BCUT2D eigenvalue weighted by Crippen LogP contribution is -1.99. The first kappa shape index (κ1) is 10.8. The lowest BCUT2D eigenvalue weighted by molar-refractivity contribution is 0.751. The molecule has 0 aliphatic heterocycles. The molecule has 0 radical (unpaired) electrons. The Morgan fingerprint density at radius 2 is 2.06 bits per heavy atom. The average Bonchev–Trinajstić information content (AvgIpc) is 3.17. The molecule has 0 saturated heterocycles. The van der Waals surface area contributed by atoms with Gasteiger partial charge in [0.15, 0.2) is 0 Å². The molecule has 1 aliphatic carbocycles. The zero-order chi connectivity index (χ0) is 12.5. The van der Waals surface area contributed by atoms with Gasteiger partial charge in [-0.2, -0.15) is 10.4 Å². The number of anilines is 2. The molecule has 3 rings (SSSR count). The molecule has 0 spiro atoms. The van der Waals surface area contributed by atoms with Gasteiger partial charge in [-0.1, -0.05) is 0 Å². The lowest BCUT2D eigenvalue weighted by atomic mass is 10.2. The van der Waals surface area contributed by atoms with Gasteiger partial charge in [-0.05, 0) is 37.1 Å². The van der Waals surface area contributed by atoms with Crippen LogP contribution < -0.4 is 5.32 Å². The van der Waals surface area contributed by atoms with Crippen LogP contribution in [0.15, 0.2) is 30.3 Å². The zero-order valence-electron chi connectivity index (χ0n) is 10.2. The lowest BCUT2D eigenvalue weighted by Gasteiger charge is -2.05. The number of nitrogens with zero attached hydrogens (tertiary/aromatic N) is 3. The number of hydrogen-bond acceptors (Lipinski definition) is 3. The highest BCUT2D eigenvalue weighted by Crippen LogP contribution is 2.40. The predicted octanol–water partition coefficient (Wildman–Crippen LogP) is 2.91. The van der Waals surface area contributed by atoms with Crippen LogP contribution >= 0.6 is 0 Å². The number of aryl methyl sites for hydroxylation is 1. The van der Waals surface area contributed by atoms with Crippen molar-refractivity contribution < 1.29 is 0 Å². The maximum Gasteiger partial charge on any atom is 0.128 e. The SMILES string of the molecule is Cn1nc(C2CC2)cc1Nc1ccc(C#N)cc1.